The average Bonchev–Trinajstić information content (AvgIpc) is 2.83. The van der Waals surface area contributed by atoms with E-state index in [1.54, 1.807) is 30.9 Å². The number of carbonyl (C=O) groups is 1. The van der Waals surface area contributed by atoms with Crippen molar-refractivity contribution in [3.05, 3.63) is 52.5 Å². The molecule has 8 nitrogen and oxygen atoms in total. The summed E-state index contributed by atoms with van der Waals surface area (Å²) in [5.74, 6) is 0.649. The summed E-state index contributed by atoms with van der Waals surface area (Å²) >= 11 is 0. The van der Waals surface area contributed by atoms with Gasteiger partial charge >= 0.3 is 6.18 Å². The summed E-state index contributed by atoms with van der Waals surface area (Å²) in [5, 5.41) is 13.7. The first-order valence-corrected chi connectivity index (χ1v) is 14.0. The summed E-state index contributed by atoms with van der Waals surface area (Å²) in [6.07, 6.45) is -3.94. The number of benzene rings is 1. The highest BCUT2D eigenvalue weighted by atomic mass is 31.2. The molecule has 37 heavy (non-hydrogen) atoms. The van der Waals surface area contributed by atoms with Gasteiger partial charge in [0.2, 0.25) is 5.91 Å². The van der Waals surface area contributed by atoms with Crippen molar-refractivity contribution in [3.8, 4) is 0 Å². The van der Waals surface area contributed by atoms with Gasteiger partial charge in [0, 0.05) is 37.7 Å². The zero-order valence-electron chi connectivity index (χ0n) is 21.1. The van der Waals surface area contributed by atoms with Gasteiger partial charge in [-0.1, -0.05) is 12.1 Å². The number of nitrogens with one attached hydrogen (secondary N) is 1. The van der Waals surface area contributed by atoms with Crippen LogP contribution in [-0.4, -0.2) is 56.3 Å². The lowest BCUT2D eigenvalue weighted by Crippen LogP contribution is -2.40. The number of aliphatic hydroxyl groups excluding tert-OH is 1. The van der Waals surface area contributed by atoms with Gasteiger partial charge < -0.3 is 19.9 Å². The van der Waals surface area contributed by atoms with Gasteiger partial charge in [-0.2, -0.15) is 13.2 Å². The number of fused-ring (bicyclic) bond motifs is 1. The zero-order chi connectivity index (χ0) is 27.1. The van der Waals surface area contributed by atoms with Crippen LogP contribution in [0.2, 0.25) is 0 Å². The molecule has 0 radical (unpaired) electrons. The lowest BCUT2D eigenvalue weighted by molar-refractivity contribution is -0.138. The molecular weight excluding hydrogens is 506 g/mol. The van der Waals surface area contributed by atoms with Crippen molar-refractivity contribution >= 4 is 35.2 Å². The molecule has 12 heteroatoms. The smallest absolute Gasteiger partial charge is 0.390 e. The van der Waals surface area contributed by atoms with Gasteiger partial charge in [0.1, 0.15) is 29.7 Å². The molecule has 0 aliphatic carbocycles. The Morgan fingerprint density at radius 3 is 2.46 bits per heavy atom. The van der Waals surface area contributed by atoms with Crippen molar-refractivity contribution in [2.24, 2.45) is 0 Å². The molecule has 1 aliphatic rings. The Balaban J connectivity index is 1.77. The van der Waals surface area contributed by atoms with Gasteiger partial charge in [-0.05, 0) is 44.0 Å². The second-order valence-corrected chi connectivity index (χ2v) is 12.5. The second-order valence-electron chi connectivity index (χ2n) is 9.33. The molecule has 2 aromatic heterocycles. The summed E-state index contributed by atoms with van der Waals surface area (Å²) in [6, 6.07) is 5.15. The number of nitrogens with zero attached hydrogens (tertiary/aromatic N) is 4. The quantitative estimate of drug-likeness (QED) is 0.472. The Labute approximate surface area is 212 Å². The molecule has 0 saturated carbocycles. The highest BCUT2D eigenvalue weighted by molar-refractivity contribution is 7.71. The third kappa shape index (κ3) is 5.33. The minimum atomic E-state index is -4.47. The van der Waals surface area contributed by atoms with Crippen molar-refractivity contribution in [1.82, 2.24) is 19.9 Å². The Bertz CT molecular complexity index is 1400. The van der Waals surface area contributed by atoms with E-state index >= 15 is 0 Å². The molecule has 1 aliphatic heterocycles. The van der Waals surface area contributed by atoms with Crippen LogP contribution in [-0.2, 0) is 22.1 Å². The Hall–Kier alpha value is -3.04. The maximum atomic E-state index is 13.9. The van der Waals surface area contributed by atoms with Gasteiger partial charge in [0.05, 0.1) is 23.9 Å². The number of carbonyl (C=O) groups excluding carboxylic acids is 1. The van der Waals surface area contributed by atoms with Crippen molar-refractivity contribution in [3.63, 3.8) is 0 Å². The molecule has 0 spiro atoms. The highest BCUT2D eigenvalue weighted by Gasteiger charge is 2.35. The first kappa shape index (κ1) is 27.0. The van der Waals surface area contributed by atoms with Crippen LogP contribution >= 0.6 is 7.14 Å². The number of anilines is 1. The van der Waals surface area contributed by atoms with Crippen molar-refractivity contribution in [2.75, 3.05) is 30.7 Å². The van der Waals surface area contributed by atoms with Gasteiger partial charge in [-0.3, -0.25) is 4.79 Å². The van der Waals surface area contributed by atoms with Crippen LogP contribution in [0.25, 0.3) is 10.9 Å². The molecule has 1 atom stereocenters. The van der Waals surface area contributed by atoms with Crippen LogP contribution in [0.3, 0.4) is 0 Å². The summed E-state index contributed by atoms with van der Waals surface area (Å²) in [7, 11) is -2.97. The maximum absolute atomic E-state index is 13.9. The number of alkyl halides is 3. The first-order valence-electron chi connectivity index (χ1n) is 11.9. The lowest BCUT2D eigenvalue weighted by atomic mass is 9.97. The van der Waals surface area contributed by atoms with Gasteiger partial charge in [-0.15, -0.1) is 0 Å². The molecule has 198 valence electrons. The van der Waals surface area contributed by atoms with E-state index in [9.17, 15) is 27.6 Å². The van der Waals surface area contributed by atoms with Crippen LogP contribution in [0.15, 0.2) is 24.3 Å². The van der Waals surface area contributed by atoms with E-state index in [2.05, 4.69) is 20.3 Å². The van der Waals surface area contributed by atoms with Crippen LogP contribution in [0.1, 0.15) is 48.1 Å². The molecule has 1 aromatic carbocycles. The molecule has 1 fully saturated rings. The van der Waals surface area contributed by atoms with E-state index in [1.165, 1.54) is 19.9 Å². The molecule has 2 N–H and O–H groups in total. The fourth-order valence-corrected chi connectivity index (χ4v) is 7.24. The standard InChI is InChI=1S/C25H29F3N5O3P/c1-14-18(6-5-7-20(14)25(26,27)28)15(2)29-24-19-12-22(32-21(13-34)23(19)30-16(3)31-24)37(36)10-8-33(9-11-37)17(4)35/h5-7,12,15,34H,8-11,13H2,1-4H3,(H,29,30,31)/t15-/m1/s1. The fraction of sp³-hybridized carbons (Fsp3) is 0.440. The molecular formula is C25H29F3N5O3P. The third-order valence-corrected chi connectivity index (χ3v) is 9.74. The average molecular weight is 536 g/mol. The van der Waals surface area contributed by atoms with E-state index in [0.717, 1.165) is 6.07 Å². The predicted octanol–water partition coefficient (Wildman–Crippen LogP) is 4.18. The van der Waals surface area contributed by atoms with Crippen molar-refractivity contribution in [1.29, 1.82) is 0 Å². The number of aromatic nitrogens is 3. The maximum Gasteiger partial charge on any atom is 0.416 e. The first-order chi connectivity index (χ1) is 17.3. The molecule has 0 unspecified atom stereocenters. The number of hydrogen-bond donors (Lipinski definition) is 2. The van der Waals surface area contributed by atoms with E-state index in [0.29, 0.717) is 46.6 Å². The van der Waals surface area contributed by atoms with Gasteiger partial charge in [-0.25, -0.2) is 15.0 Å². The number of amides is 1. The number of pyridine rings is 1. The Morgan fingerprint density at radius 2 is 1.86 bits per heavy atom. The molecule has 1 amide bonds. The van der Waals surface area contributed by atoms with Gasteiger partial charge in [0.15, 0.2) is 0 Å². The zero-order valence-corrected chi connectivity index (χ0v) is 22.0. The van der Waals surface area contributed by atoms with Crippen LogP contribution in [0.4, 0.5) is 19.0 Å². The molecule has 3 heterocycles. The molecule has 4 rings (SSSR count). The minimum absolute atomic E-state index is 0.0806. The minimum Gasteiger partial charge on any atom is -0.390 e. The number of aliphatic hydroxyl groups is 1. The highest BCUT2D eigenvalue weighted by Crippen LogP contribution is 2.46. The normalized spacial score (nSPS) is 16.6. The van der Waals surface area contributed by atoms with E-state index in [4.69, 9.17) is 0 Å². The van der Waals surface area contributed by atoms with E-state index in [-0.39, 0.29) is 29.5 Å². The summed E-state index contributed by atoms with van der Waals surface area (Å²) in [5.41, 5.74) is 0.818. The molecule has 0 bridgehead atoms. The van der Waals surface area contributed by atoms with E-state index < -0.39 is 31.5 Å². The second kappa shape index (κ2) is 10.0. The van der Waals surface area contributed by atoms with Gasteiger partial charge in [0.25, 0.3) is 0 Å². The van der Waals surface area contributed by atoms with Crippen molar-refractivity contribution in [2.45, 2.75) is 46.5 Å². The number of aryl methyl sites for hydroxylation is 1. The molecule has 3 aromatic rings. The van der Waals surface area contributed by atoms with Crippen LogP contribution in [0.5, 0.6) is 0 Å². The van der Waals surface area contributed by atoms with Crippen LogP contribution in [0, 0.1) is 13.8 Å². The third-order valence-electron chi connectivity index (χ3n) is 6.83. The molecule has 1 saturated heterocycles. The summed E-state index contributed by atoms with van der Waals surface area (Å²) in [6.45, 7) is 6.57. The van der Waals surface area contributed by atoms with Crippen molar-refractivity contribution < 1.29 is 27.6 Å². The Kier molecular flexibility index (Phi) is 7.32. The Morgan fingerprint density at radius 1 is 1.19 bits per heavy atom. The monoisotopic (exact) mass is 535 g/mol. The van der Waals surface area contributed by atoms with E-state index in [1.807, 2.05) is 0 Å². The fourth-order valence-electron chi connectivity index (χ4n) is 4.76. The number of halogens is 3. The largest absolute Gasteiger partial charge is 0.416 e. The van der Waals surface area contributed by atoms with Crippen LogP contribution < -0.4 is 10.8 Å². The number of rotatable bonds is 5. The summed E-state index contributed by atoms with van der Waals surface area (Å²) in [4.78, 5) is 26.8. The topological polar surface area (TPSA) is 108 Å². The number of hydrogen-bond acceptors (Lipinski definition) is 7. The SMILES string of the molecule is CC(=O)N1CCP(=O)(c2cc3c(N[C@H](C)c4cccc(C(F)(F)F)c4C)nc(C)nc3c(CO)n2)CC1. The summed E-state index contributed by atoms with van der Waals surface area (Å²) < 4.78 is 54.3. The predicted molar refractivity (Wildman–Crippen MR) is 135 cm³/mol. The lowest BCUT2D eigenvalue weighted by Gasteiger charge is -2.31.